The van der Waals surface area contributed by atoms with Gasteiger partial charge in [0.2, 0.25) is 0 Å². The minimum absolute atomic E-state index is 0.0207. The summed E-state index contributed by atoms with van der Waals surface area (Å²) in [6, 6.07) is 18.0. The molecule has 400 valence electrons. The number of aryl methyl sites for hydroxylation is 1. The first-order valence-corrected chi connectivity index (χ1v) is 27.0. The maximum Gasteiger partial charge on any atom is 0.149 e. The van der Waals surface area contributed by atoms with Gasteiger partial charge < -0.3 is 67.0 Å². The summed E-state index contributed by atoms with van der Waals surface area (Å²) >= 11 is 0. The molecule has 0 aromatic heterocycles. The number of unbranched alkanes of at least 4 members (excludes halogenated alkanes) is 13. The zero-order valence-electron chi connectivity index (χ0n) is 44.0. The topological polar surface area (TPSA) is 231 Å². The van der Waals surface area contributed by atoms with Gasteiger partial charge in [0.1, 0.15) is 74.5 Å². The molecule has 0 aliphatic carbocycles. The molecule has 3 unspecified atom stereocenters. The van der Waals surface area contributed by atoms with Gasteiger partial charge in [-0.3, -0.25) is 5.43 Å². The molecule has 0 aliphatic heterocycles. The third-order valence-corrected chi connectivity index (χ3v) is 13.9. The Morgan fingerprint density at radius 1 is 0.370 bits per heavy atom. The highest BCUT2D eigenvalue weighted by molar-refractivity contribution is 5.75. The van der Waals surface area contributed by atoms with Crippen molar-refractivity contribution >= 4 is 28.4 Å². The lowest BCUT2D eigenvalue weighted by Gasteiger charge is -2.28. The molecule has 5 aromatic rings. The van der Waals surface area contributed by atoms with Crippen molar-refractivity contribution in [3.05, 3.63) is 95.1 Å². The van der Waals surface area contributed by atoms with Crippen LogP contribution in [-0.4, -0.2) is 48.0 Å². The second-order valence-corrected chi connectivity index (χ2v) is 19.4. The highest BCUT2D eigenvalue weighted by Crippen LogP contribution is 2.49. The zero-order valence-corrected chi connectivity index (χ0v) is 44.0. The van der Waals surface area contributed by atoms with Crippen LogP contribution in [0.15, 0.2) is 72.8 Å². The lowest BCUT2D eigenvalue weighted by molar-refractivity contribution is 0.415. The third-order valence-electron chi connectivity index (χ3n) is 13.9. The average Bonchev–Trinajstić information content (AvgIpc) is 3.38. The number of hydrazine groups is 1. The zero-order chi connectivity index (χ0) is 52.7. The van der Waals surface area contributed by atoms with Crippen LogP contribution in [0.2, 0.25) is 0 Å². The van der Waals surface area contributed by atoms with Crippen LogP contribution >= 0.6 is 0 Å². The summed E-state index contributed by atoms with van der Waals surface area (Å²) in [4.78, 5) is 0. The highest BCUT2D eigenvalue weighted by atomic mass is 16.5. The highest BCUT2D eigenvalue weighted by Gasteiger charge is 2.29. The third kappa shape index (κ3) is 16.1. The molecule has 0 radical (unpaired) electrons. The fraction of sp³-hybridized carbons (Fsp3) is 0.492. The Morgan fingerprint density at radius 2 is 0.726 bits per heavy atom. The molecule has 14 heteroatoms. The number of benzene rings is 5. The van der Waals surface area contributed by atoms with Gasteiger partial charge in [-0.05, 0) is 104 Å². The Balaban J connectivity index is 1.51. The van der Waals surface area contributed by atoms with E-state index >= 15 is 0 Å². The van der Waals surface area contributed by atoms with Crippen molar-refractivity contribution in [1.29, 1.82) is 0 Å². The minimum atomic E-state index is -0.673. The van der Waals surface area contributed by atoms with Gasteiger partial charge in [0.05, 0.1) is 30.9 Å². The van der Waals surface area contributed by atoms with Gasteiger partial charge in [0.25, 0.3) is 0 Å². The number of nitrogens with one attached hydrogen (secondary N) is 5. The first-order chi connectivity index (χ1) is 35.4. The molecule has 5 rings (SSSR count). The number of hydrogen-bond acceptors (Lipinski definition) is 14. The van der Waals surface area contributed by atoms with Crippen LogP contribution in [0.4, 0.5) is 28.4 Å². The van der Waals surface area contributed by atoms with Gasteiger partial charge in [-0.2, -0.15) is 0 Å². The molecular formula is C59H85N5O9. The predicted molar refractivity (Wildman–Crippen MR) is 297 cm³/mol. The Morgan fingerprint density at radius 3 is 1.14 bits per heavy atom. The van der Waals surface area contributed by atoms with Crippen molar-refractivity contribution in [2.75, 3.05) is 33.9 Å². The Hall–Kier alpha value is -6.70. The van der Waals surface area contributed by atoms with Gasteiger partial charge in [0.15, 0.2) is 0 Å². The summed E-state index contributed by atoms with van der Waals surface area (Å²) < 4.78 is 5.27. The van der Waals surface area contributed by atoms with E-state index in [0.717, 1.165) is 115 Å². The van der Waals surface area contributed by atoms with Gasteiger partial charge in [0, 0.05) is 16.7 Å². The number of anilines is 5. The molecule has 0 saturated heterocycles. The maximum atomic E-state index is 12.3. The fourth-order valence-corrected chi connectivity index (χ4v) is 9.50. The van der Waals surface area contributed by atoms with Crippen LogP contribution in [0.3, 0.4) is 0 Å². The van der Waals surface area contributed by atoms with Crippen molar-refractivity contribution < 1.29 is 45.6 Å². The smallest absolute Gasteiger partial charge is 0.149 e. The summed E-state index contributed by atoms with van der Waals surface area (Å²) in [6.07, 6.45) is 18.7. The van der Waals surface area contributed by atoms with Crippen LogP contribution < -0.4 is 31.5 Å². The number of methoxy groups -OCH3 is 1. The van der Waals surface area contributed by atoms with Gasteiger partial charge >= 0.3 is 0 Å². The Bertz CT molecular complexity index is 2450. The normalized spacial score (nSPS) is 12.5. The molecule has 0 bridgehead atoms. The molecule has 3 atom stereocenters. The van der Waals surface area contributed by atoms with Crippen LogP contribution in [0.5, 0.6) is 51.7 Å². The number of ether oxygens (including phenoxy) is 1. The molecule has 73 heavy (non-hydrogen) atoms. The van der Waals surface area contributed by atoms with E-state index in [1.54, 1.807) is 61.7 Å². The Labute approximate surface area is 433 Å². The van der Waals surface area contributed by atoms with Gasteiger partial charge in [-0.25, -0.2) is 0 Å². The van der Waals surface area contributed by atoms with E-state index in [4.69, 9.17) is 4.74 Å². The number of phenols is 8. The standard InChI is InChI=1S/C59H85N5O9/c1-6-10-14-18-19-23-39-27-35-48(65)52(56(39)69)60-45(24-20-15-11-7-2)42-32-36-49(66)53(57(42)70)61-46(25-21-16-12-8-3)43-33-37-50(67)54(58(43)71)62-47(26-22-17-13-9-4)44-34-38-51(68)55(59(44)72)64-63-40-28-30-41(73-5)31-29-40/h27-38,45-47,60-72H,6-26H2,1-5H3. The van der Waals surface area contributed by atoms with Crippen molar-refractivity contribution in [2.24, 2.45) is 0 Å². The number of rotatable bonds is 34. The van der Waals surface area contributed by atoms with E-state index in [9.17, 15) is 40.9 Å². The molecule has 0 aliphatic rings. The summed E-state index contributed by atoms with van der Waals surface area (Å²) in [7, 11) is 1.58. The second-order valence-electron chi connectivity index (χ2n) is 19.4. The maximum absolute atomic E-state index is 12.3. The van der Waals surface area contributed by atoms with Crippen LogP contribution in [-0.2, 0) is 6.42 Å². The minimum Gasteiger partial charge on any atom is -0.506 e. The molecule has 5 aromatic carbocycles. The molecule has 0 fully saturated rings. The van der Waals surface area contributed by atoms with Crippen molar-refractivity contribution in [3.63, 3.8) is 0 Å². The largest absolute Gasteiger partial charge is 0.506 e. The SMILES string of the molecule is CCCCCCCc1ccc(O)c(NC(CCCCCC)c2ccc(O)c(NC(CCCCCC)c3ccc(O)c(NC(CCCCCC)c4ccc(O)c(NNc5ccc(OC)cc5)c4O)c3O)c2O)c1O. The van der Waals surface area contributed by atoms with Gasteiger partial charge in [-0.1, -0.05) is 136 Å². The van der Waals surface area contributed by atoms with E-state index in [2.05, 4.69) is 54.5 Å². The molecule has 0 spiro atoms. The lowest BCUT2D eigenvalue weighted by atomic mass is 9.94. The van der Waals surface area contributed by atoms with E-state index in [1.807, 2.05) is 0 Å². The van der Waals surface area contributed by atoms with Crippen LogP contribution in [0.1, 0.15) is 196 Å². The Kier molecular flexibility index (Phi) is 23.3. The van der Waals surface area contributed by atoms with Crippen molar-refractivity contribution in [3.8, 4) is 51.7 Å². The molecule has 0 heterocycles. The fourth-order valence-electron chi connectivity index (χ4n) is 9.50. The van der Waals surface area contributed by atoms with Crippen molar-refractivity contribution in [2.45, 2.75) is 181 Å². The van der Waals surface area contributed by atoms with E-state index in [1.165, 1.54) is 18.2 Å². The quantitative estimate of drug-likeness (QED) is 0.0104. The van der Waals surface area contributed by atoms with E-state index in [-0.39, 0.29) is 68.7 Å². The van der Waals surface area contributed by atoms with E-state index < -0.39 is 18.1 Å². The summed E-state index contributed by atoms with van der Waals surface area (Å²) in [5.74, 6) is -0.764. The number of hydrogen-bond donors (Lipinski definition) is 13. The monoisotopic (exact) mass is 1010 g/mol. The first-order valence-electron chi connectivity index (χ1n) is 27.0. The van der Waals surface area contributed by atoms with Crippen LogP contribution in [0, 0.1) is 0 Å². The lowest BCUT2D eigenvalue weighted by Crippen LogP contribution is -2.16. The van der Waals surface area contributed by atoms with E-state index in [0.29, 0.717) is 53.8 Å². The predicted octanol–water partition coefficient (Wildman–Crippen LogP) is 15.7. The number of aromatic hydroxyl groups is 8. The van der Waals surface area contributed by atoms with Gasteiger partial charge in [-0.15, -0.1) is 0 Å². The van der Waals surface area contributed by atoms with Crippen LogP contribution in [0.25, 0.3) is 0 Å². The molecule has 14 nitrogen and oxygen atoms in total. The number of phenolic OH excluding ortho intramolecular Hbond substituents is 8. The molecular weight excluding hydrogens is 923 g/mol. The summed E-state index contributed by atoms with van der Waals surface area (Å²) in [6.45, 7) is 8.56. The summed E-state index contributed by atoms with van der Waals surface area (Å²) in [5.41, 5.74) is 8.96. The first kappa shape index (κ1) is 57.2. The molecule has 13 N–H and O–H groups in total. The van der Waals surface area contributed by atoms with Crippen molar-refractivity contribution in [1.82, 2.24) is 0 Å². The average molecular weight is 1010 g/mol. The second kappa shape index (κ2) is 29.7. The molecule has 0 amide bonds. The molecule has 0 saturated carbocycles. The summed E-state index contributed by atoms with van der Waals surface area (Å²) in [5, 5.41) is 103.